The van der Waals surface area contributed by atoms with E-state index in [0.29, 0.717) is 12.8 Å². The summed E-state index contributed by atoms with van der Waals surface area (Å²) in [7, 11) is 0. The number of hydrogen-bond donors (Lipinski definition) is 3. The Morgan fingerprint density at radius 2 is 1.92 bits per heavy atom. The highest BCUT2D eigenvalue weighted by atomic mass is 16.4. The van der Waals surface area contributed by atoms with Crippen LogP contribution in [0.25, 0.3) is 11.0 Å². The molecular weight excluding hydrogens is 332 g/mol. The minimum absolute atomic E-state index is 0.0299. The summed E-state index contributed by atoms with van der Waals surface area (Å²) < 4.78 is 0. The number of para-hydroxylation sites is 2. The van der Waals surface area contributed by atoms with Crippen LogP contribution < -0.4 is 5.32 Å². The molecule has 1 aliphatic carbocycles. The summed E-state index contributed by atoms with van der Waals surface area (Å²) in [6, 6.07) is 7.86. The van der Waals surface area contributed by atoms with Crippen molar-refractivity contribution in [2.45, 2.75) is 50.6 Å². The van der Waals surface area contributed by atoms with E-state index in [0.717, 1.165) is 49.1 Å². The molecule has 0 bridgehead atoms. The third kappa shape index (κ3) is 3.25. The van der Waals surface area contributed by atoms with Crippen molar-refractivity contribution < 1.29 is 14.7 Å². The van der Waals surface area contributed by atoms with E-state index in [1.165, 1.54) is 0 Å². The summed E-state index contributed by atoms with van der Waals surface area (Å²) in [6.07, 6.45) is 4.58. The van der Waals surface area contributed by atoms with Gasteiger partial charge < -0.3 is 20.3 Å². The van der Waals surface area contributed by atoms with Gasteiger partial charge in [-0.1, -0.05) is 12.1 Å². The highest BCUT2D eigenvalue weighted by Gasteiger charge is 2.34. The zero-order valence-corrected chi connectivity index (χ0v) is 14.6. The Morgan fingerprint density at radius 1 is 1.15 bits per heavy atom. The van der Waals surface area contributed by atoms with Crippen molar-refractivity contribution in [3.8, 4) is 0 Å². The van der Waals surface area contributed by atoms with Gasteiger partial charge in [-0.05, 0) is 50.7 Å². The summed E-state index contributed by atoms with van der Waals surface area (Å²) in [4.78, 5) is 33.7. The molecule has 2 fully saturated rings. The quantitative estimate of drug-likeness (QED) is 0.787. The van der Waals surface area contributed by atoms with E-state index in [2.05, 4.69) is 15.3 Å². The number of carboxylic acid groups (broad SMARTS) is 1. The maximum atomic E-state index is 12.8. The molecule has 1 atom stereocenters. The lowest BCUT2D eigenvalue weighted by Gasteiger charge is -2.30. The van der Waals surface area contributed by atoms with Gasteiger partial charge in [0.1, 0.15) is 5.82 Å². The van der Waals surface area contributed by atoms with Crippen molar-refractivity contribution in [3.05, 3.63) is 30.1 Å². The Morgan fingerprint density at radius 3 is 2.65 bits per heavy atom. The van der Waals surface area contributed by atoms with Gasteiger partial charge in [0.15, 0.2) is 0 Å². The zero-order valence-electron chi connectivity index (χ0n) is 14.6. The fraction of sp³-hybridized carbons (Fsp3) is 0.526. The minimum atomic E-state index is -0.723. The molecular formula is C19H24N4O3. The molecule has 1 aromatic carbocycles. The number of H-pyrrole nitrogens is 1. The normalized spacial score (nSPS) is 26.2. The van der Waals surface area contributed by atoms with E-state index >= 15 is 0 Å². The van der Waals surface area contributed by atoms with Crippen molar-refractivity contribution in [1.82, 2.24) is 20.2 Å². The molecule has 1 saturated heterocycles. The molecule has 26 heavy (non-hydrogen) atoms. The first-order valence-electron chi connectivity index (χ1n) is 9.36. The molecule has 3 N–H and O–H groups in total. The number of likely N-dealkylation sites (tertiary alicyclic amines) is 1. The molecule has 2 aliphatic rings. The molecule has 1 aromatic heterocycles. The van der Waals surface area contributed by atoms with Gasteiger partial charge in [-0.15, -0.1) is 0 Å². The van der Waals surface area contributed by atoms with Crippen LogP contribution in [0.3, 0.4) is 0 Å². The van der Waals surface area contributed by atoms with Gasteiger partial charge >= 0.3 is 12.0 Å². The number of carboxylic acids is 1. The second-order valence-corrected chi connectivity index (χ2v) is 7.33. The number of amides is 2. The second kappa shape index (κ2) is 6.97. The first kappa shape index (κ1) is 16.9. The summed E-state index contributed by atoms with van der Waals surface area (Å²) in [5, 5.41) is 12.2. The zero-order chi connectivity index (χ0) is 18.1. The Hall–Kier alpha value is -2.57. The van der Waals surface area contributed by atoms with E-state index < -0.39 is 5.97 Å². The molecule has 2 amide bonds. The monoisotopic (exact) mass is 356 g/mol. The van der Waals surface area contributed by atoms with Crippen LogP contribution in [0.2, 0.25) is 0 Å². The number of carbonyl (C=O) groups excluding carboxylic acids is 1. The summed E-state index contributed by atoms with van der Waals surface area (Å²) in [6.45, 7) is 0.720. The molecule has 2 heterocycles. The lowest BCUT2D eigenvalue weighted by atomic mass is 9.86. The largest absolute Gasteiger partial charge is 0.481 e. The van der Waals surface area contributed by atoms with E-state index in [1.807, 2.05) is 29.2 Å². The van der Waals surface area contributed by atoms with Gasteiger partial charge in [-0.25, -0.2) is 9.78 Å². The van der Waals surface area contributed by atoms with Crippen LogP contribution in [0.4, 0.5) is 4.79 Å². The number of imidazole rings is 1. The number of benzene rings is 1. The van der Waals surface area contributed by atoms with Crippen LogP contribution in [0.5, 0.6) is 0 Å². The number of carbonyl (C=O) groups is 2. The maximum absolute atomic E-state index is 12.8. The number of aromatic nitrogens is 2. The third-order valence-corrected chi connectivity index (χ3v) is 5.64. The molecule has 138 valence electrons. The topological polar surface area (TPSA) is 98.3 Å². The van der Waals surface area contributed by atoms with Gasteiger partial charge in [0.2, 0.25) is 0 Å². The van der Waals surface area contributed by atoms with E-state index in [1.54, 1.807) is 0 Å². The van der Waals surface area contributed by atoms with Crippen molar-refractivity contribution in [1.29, 1.82) is 0 Å². The molecule has 1 aliphatic heterocycles. The average Bonchev–Trinajstić information content (AvgIpc) is 3.28. The Labute approximate surface area is 151 Å². The first-order chi connectivity index (χ1) is 12.6. The molecule has 2 aromatic rings. The van der Waals surface area contributed by atoms with Gasteiger partial charge in [-0.3, -0.25) is 4.79 Å². The minimum Gasteiger partial charge on any atom is -0.481 e. The van der Waals surface area contributed by atoms with E-state index in [9.17, 15) is 9.59 Å². The maximum Gasteiger partial charge on any atom is 0.318 e. The molecule has 1 unspecified atom stereocenters. The molecule has 7 nitrogen and oxygen atoms in total. The van der Waals surface area contributed by atoms with Crippen molar-refractivity contribution >= 4 is 23.0 Å². The number of aromatic amines is 1. The lowest BCUT2D eigenvalue weighted by molar-refractivity contribution is -0.142. The lowest BCUT2D eigenvalue weighted by Crippen LogP contribution is -2.46. The molecule has 4 rings (SSSR count). The number of urea groups is 1. The number of rotatable bonds is 3. The van der Waals surface area contributed by atoms with Gasteiger partial charge in [0.05, 0.1) is 23.0 Å². The van der Waals surface area contributed by atoms with Crippen molar-refractivity contribution in [2.24, 2.45) is 5.92 Å². The molecule has 0 radical (unpaired) electrons. The standard InChI is InChI=1S/C19H24N4O3/c24-18(25)12-7-9-13(10-8-12)20-19(26)23-11-3-6-16(23)17-21-14-4-1-2-5-15(14)22-17/h1-2,4-5,12-13,16H,3,6-11H2,(H,20,26)(H,21,22)(H,24,25). The van der Waals surface area contributed by atoms with Crippen LogP contribution in [0, 0.1) is 5.92 Å². The van der Waals surface area contributed by atoms with Crippen LogP contribution in [-0.2, 0) is 4.79 Å². The van der Waals surface area contributed by atoms with E-state index in [-0.39, 0.29) is 24.0 Å². The van der Waals surface area contributed by atoms with Crippen LogP contribution >= 0.6 is 0 Å². The first-order valence-corrected chi connectivity index (χ1v) is 9.36. The highest BCUT2D eigenvalue weighted by molar-refractivity contribution is 5.77. The highest BCUT2D eigenvalue weighted by Crippen LogP contribution is 2.32. The summed E-state index contributed by atoms with van der Waals surface area (Å²) in [5.74, 6) is -0.147. The van der Waals surface area contributed by atoms with Crippen LogP contribution in [0.15, 0.2) is 24.3 Å². The number of fused-ring (bicyclic) bond motifs is 1. The molecule has 1 saturated carbocycles. The second-order valence-electron chi connectivity index (χ2n) is 7.33. The predicted octanol–water partition coefficient (Wildman–Crippen LogP) is 3.05. The van der Waals surface area contributed by atoms with Gasteiger partial charge in [-0.2, -0.15) is 0 Å². The number of nitrogens with zero attached hydrogens (tertiary/aromatic N) is 2. The number of aliphatic carboxylic acids is 1. The Kier molecular flexibility index (Phi) is 4.53. The Balaban J connectivity index is 1.41. The van der Waals surface area contributed by atoms with Gasteiger partial charge in [0, 0.05) is 12.6 Å². The molecule has 0 spiro atoms. The van der Waals surface area contributed by atoms with Crippen LogP contribution in [0.1, 0.15) is 50.4 Å². The van der Waals surface area contributed by atoms with Gasteiger partial charge in [0.25, 0.3) is 0 Å². The SMILES string of the molecule is O=C(O)C1CCC(NC(=O)N2CCCC2c2nc3ccccc3[nH]2)CC1. The fourth-order valence-electron chi connectivity index (χ4n) is 4.17. The van der Waals surface area contributed by atoms with Crippen molar-refractivity contribution in [3.63, 3.8) is 0 Å². The van der Waals surface area contributed by atoms with E-state index in [4.69, 9.17) is 5.11 Å². The molecule has 7 heteroatoms. The number of nitrogens with one attached hydrogen (secondary N) is 2. The Bertz CT molecular complexity index is 777. The number of hydrogen-bond acceptors (Lipinski definition) is 3. The fourth-order valence-corrected chi connectivity index (χ4v) is 4.17. The predicted molar refractivity (Wildman–Crippen MR) is 96.7 cm³/mol. The summed E-state index contributed by atoms with van der Waals surface area (Å²) in [5.41, 5.74) is 1.91. The average molecular weight is 356 g/mol. The van der Waals surface area contributed by atoms with Crippen LogP contribution in [-0.4, -0.2) is 44.6 Å². The van der Waals surface area contributed by atoms with Crippen molar-refractivity contribution in [2.75, 3.05) is 6.54 Å². The smallest absolute Gasteiger partial charge is 0.318 e. The summed E-state index contributed by atoms with van der Waals surface area (Å²) >= 11 is 0. The third-order valence-electron chi connectivity index (χ3n) is 5.64.